The number of aromatic nitrogens is 2. The highest BCUT2D eigenvalue weighted by Crippen LogP contribution is 2.20. The molecule has 0 N–H and O–H groups in total. The van der Waals surface area contributed by atoms with Gasteiger partial charge in [0.2, 0.25) is 0 Å². The lowest BCUT2D eigenvalue weighted by molar-refractivity contribution is 0.814. The molecule has 1 aliphatic heterocycles. The second kappa shape index (κ2) is 1.94. The number of hydrogen-bond acceptors (Lipinski definition) is 2. The second-order valence-electron chi connectivity index (χ2n) is 2.48. The zero-order chi connectivity index (χ0) is 6.97. The molecule has 1 aromatic heterocycles. The van der Waals surface area contributed by atoms with Crippen molar-refractivity contribution in [2.45, 2.75) is 12.8 Å². The van der Waals surface area contributed by atoms with Crippen LogP contribution in [0.25, 0.3) is 0 Å². The average Bonchev–Trinajstić information content (AvgIpc) is 2.34. The van der Waals surface area contributed by atoms with Crippen LogP contribution in [-0.4, -0.2) is 15.8 Å². The van der Waals surface area contributed by atoms with Gasteiger partial charge in [0, 0.05) is 13.3 Å². The second-order valence-corrected chi connectivity index (χ2v) is 2.48. The minimum absolute atomic E-state index is 0.897. The number of nitrogens with zero attached hydrogens (tertiary/aromatic N) is 3. The van der Waals surface area contributed by atoms with Crippen molar-refractivity contribution >= 4 is 12.0 Å². The van der Waals surface area contributed by atoms with Crippen LogP contribution in [-0.2, 0) is 13.5 Å². The molecule has 10 heavy (non-hydrogen) atoms. The third-order valence-corrected chi connectivity index (χ3v) is 1.76. The van der Waals surface area contributed by atoms with Crippen molar-refractivity contribution in [1.29, 1.82) is 0 Å². The maximum absolute atomic E-state index is 4.16. The van der Waals surface area contributed by atoms with Crippen LogP contribution >= 0.6 is 0 Å². The van der Waals surface area contributed by atoms with Crippen molar-refractivity contribution in [2.24, 2.45) is 12.0 Å². The molecule has 0 bridgehead atoms. The van der Waals surface area contributed by atoms with E-state index in [1.165, 1.54) is 5.69 Å². The molecule has 0 aromatic carbocycles. The monoisotopic (exact) mass is 135 g/mol. The predicted molar refractivity (Wildman–Crippen MR) is 39.7 cm³/mol. The van der Waals surface area contributed by atoms with Gasteiger partial charge in [-0.25, -0.2) is 9.98 Å². The van der Waals surface area contributed by atoms with Crippen molar-refractivity contribution in [3.8, 4) is 0 Å². The van der Waals surface area contributed by atoms with Gasteiger partial charge in [0.15, 0.2) is 5.82 Å². The molecule has 52 valence electrons. The Hall–Kier alpha value is -1.12. The molecule has 0 unspecified atom stereocenters. The molecule has 0 fully saturated rings. The zero-order valence-corrected chi connectivity index (χ0v) is 5.91. The number of rotatable bonds is 0. The molecule has 1 aliphatic rings. The Labute approximate surface area is 59.4 Å². The van der Waals surface area contributed by atoms with Gasteiger partial charge in [-0.15, -0.1) is 0 Å². The molecule has 3 heteroatoms. The first-order valence-corrected chi connectivity index (χ1v) is 3.40. The lowest BCUT2D eigenvalue weighted by atomic mass is 10.2. The molecule has 0 saturated heterocycles. The van der Waals surface area contributed by atoms with E-state index < -0.39 is 0 Å². The van der Waals surface area contributed by atoms with Gasteiger partial charge in [0.05, 0.1) is 12.0 Å². The molecule has 0 atom stereocenters. The minimum atomic E-state index is 0.897. The van der Waals surface area contributed by atoms with E-state index in [1.807, 2.05) is 24.2 Å². The van der Waals surface area contributed by atoms with Crippen molar-refractivity contribution in [3.63, 3.8) is 0 Å². The zero-order valence-electron chi connectivity index (χ0n) is 5.91. The molecular formula is C7H9N3. The summed E-state index contributed by atoms with van der Waals surface area (Å²) in [4.78, 5) is 8.28. The van der Waals surface area contributed by atoms with E-state index in [2.05, 4.69) is 9.98 Å². The Kier molecular flexibility index (Phi) is 1.09. The van der Waals surface area contributed by atoms with Gasteiger partial charge in [-0.1, -0.05) is 0 Å². The first-order valence-electron chi connectivity index (χ1n) is 3.40. The van der Waals surface area contributed by atoms with E-state index in [0.717, 1.165) is 18.7 Å². The van der Waals surface area contributed by atoms with Crippen LogP contribution in [0.5, 0.6) is 0 Å². The Morgan fingerprint density at radius 1 is 1.60 bits per heavy atom. The van der Waals surface area contributed by atoms with Crippen molar-refractivity contribution < 1.29 is 0 Å². The van der Waals surface area contributed by atoms with Crippen LogP contribution in [0.1, 0.15) is 12.1 Å². The van der Waals surface area contributed by atoms with Gasteiger partial charge in [0.1, 0.15) is 0 Å². The first kappa shape index (κ1) is 5.65. The van der Waals surface area contributed by atoms with Gasteiger partial charge in [0.25, 0.3) is 0 Å². The van der Waals surface area contributed by atoms with Crippen LogP contribution in [0.2, 0.25) is 0 Å². The van der Waals surface area contributed by atoms with E-state index in [1.54, 1.807) is 0 Å². The Morgan fingerprint density at radius 2 is 2.50 bits per heavy atom. The molecule has 2 rings (SSSR count). The van der Waals surface area contributed by atoms with Crippen LogP contribution in [0.15, 0.2) is 11.3 Å². The van der Waals surface area contributed by atoms with Gasteiger partial charge >= 0.3 is 0 Å². The fourth-order valence-electron chi connectivity index (χ4n) is 1.19. The molecular weight excluding hydrogens is 126 g/mol. The van der Waals surface area contributed by atoms with Crippen LogP contribution in [0.4, 0.5) is 5.82 Å². The molecule has 1 aromatic rings. The quantitative estimate of drug-likeness (QED) is 0.523. The summed E-state index contributed by atoms with van der Waals surface area (Å²) < 4.78 is 2.03. The molecule has 3 nitrogen and oxygen atoms in total. The summed E-state index contributed by atoms with van der Waals surface area (Å²) >= 11 is 0. The summed E-state index contributed by atoms with van der Waals surface area (Å²) in [5.74, 6) is 0.897. The Morgan fingerprint density at radius 3 is 3.30 bits per heavy atom. The standard InChI is InChI=1S/C7H9N3/c1-10-5-9-7-6(10)3-2-4-8-7/h4-5H,2-3H2,1H3. The van der Waals surface area contributed by atoms with E-state index in [9.17, 15) is 0 Å². The topological polar surface area (TPSA) is 30.2 Å². The van der Waals surface area contributed by atoms with E-state index in [0.29, 0.717) is 0 Å². The summed E-state index contributed by atoms with van der Waals surface area (Å²) in [6.07, 6.45) is 5.87. The first-order chi connectivity index (χ1) is 4.88. The number of imidazole rings is 1. The van der Waals surface area contributed by atoms with Crippen LogP contribution in [0.3, 0.4) is 0 Å². The summed E-state index contributed by atoms with van der Waals surface area (Å²) in [5.41, 5.74) is 1.25. The summed E-state index contributed by atoms with van der Waals surface area (Å²) in [6.45, 7) is 0. The Balaban J connectivity index is 2.57. The predicted octanol–water partition coefficient (Wildman–Crippen LogP) is 1.07. The largest absolute Gasteiger partial charge is 0.336 e. The van der Waals surface area contributed by atoms with Gasteiger partial charge < -0.3 is 4.57 Å². The minimum Gasteiger partial charge on any atom is -0.336 e. The highest BCUT2D eigenvalue weighted by molar-refractivity contribution is 5.65. The lowest BCUT2D eigenvalue weighted by Crippen LogP contribution is -1.98. The SMILES string of the molecule is Cn1cnc2c1CCC=N2. The normalized spacial score (nSPS) is 15.3. The molecule has 2 heterocycles. The highest BCUT2D eigenvalue weighted by atomic mass is 15.1. The Bertz CT molecular complexity index is 272. The van der Waals surface area contributed by atoms with Gasteiger partial charge in [-0.3, -0.25) is 0 Å². The molecule has 0 spiro atoms. The van der Waals surface area contributed by atoms with Gasteiger partial charge in [-0.05, 0) is 12.8 Å². The third-order valence-electron chi connectivity index (χ3n) is 1.76. The molecule has 0 radical (unpaired) electrons. The van der Waals surface area contributed by atoms with Gasteiger partial charge in [-0.2, -0.15) is 0 Å². The number of hydrogen-bond donors (Lipinski definition) is 0. The molecule has 0 saturated carbocycles. The summed E-state index contributed by atoms with van der Waals surface area (Å²) in [5, 5.41) is 0. The average molecular weight is 135 g/mol. The maximum atomic E-state index is 4.16. The highest BCUT2D eigenvalue weighted by Gasteiger charge is 2.09. The van der Waals surface area contributed by atoms with E-state index >= 15 is 0 Å². The van der Waals surface area contributed by atoms with E-state index in [4.69, 9.17) is 0 Å². The van der Waals surface area contributed by atoms with Crippen molar-refractivity contribution in [2.75, 3.05) is 0 Å². The third kappa shape index (κ3) is 0.667. The summed E-state index contributed by atoms with van der Waals surface area (Å²) in [7, 11) is 2.01. The van der Waals surface area contributed by atoms with Crippen molar-refractivity contribution in [1.82, 2.24) is 9.55 Å². The molecule has 0 amide bonds. The lowest BCUT2D eigenvalue weighted by Gasteiger charge is -2.04. The maximum Gasteiger partial charge on any atom is 0.172 e. The van der Waals surface area contributed by atoms with Crippen LogP contribution in [0, 0.1) is 0 Å². The number of aliphatic imine (C=N–C) groups is 1. The van der Waals surface area contributed by atoms with Crippen molar-refractivity contribution in [3.05, 3.63) is 12.0 Å². The van der Waals surface area contributed by atoms with Crippen LogP contribution < -0.4 is 0 Å². The number of fused-ring (bicyclic) bond motifs is 1. The fraction of sp³-hybridized carbons (Fsp3) is 0.429. The smallest absolute Gasteiger partial charge is 0.172 e. The summed E-state index contributed by atoms with van der Waals surface area (Å²) in [6, 6.07) is 0. The fourth-order valence-corrected chi connectivity index (χ4v) is 1.19. The molecule has 0 aliphatic carbocycles. The number of aryl methyl sites for hydroxylation is 1. The van der Waals surface area contributed by atoms with E-state index in [-0.39, 0.29) is 0 Å².